The topological polar surface area (TPSA) is 32.3 Å². The summed E-state index contributed by atoms with van der Waals surface area (Å²) in [6.07, 6.45) is 1.07. The Morgan fingerprint density at radius 3 is 2.48 bits per heavy atom. The van der Waals surface area contributed by atoms with E-state index < -0.39 is 11.7 Å². The van der Waals surface area contributed by atoms with Crippen molar-refractivity contribution in [2.75, 3.05) is 6.54 Å². The number of likely N-dealkylation sites (tertiary alicyclic amines) is 1. The number of halogens is 3. The van der Waals surface area contributed by atoms with Crippen molar-refractivity contribution in [1.82, 2.24) is 10.2 Å². The van der Waals surface area contributed by atoms with Crippen molar-refractivity contribution in [2.45, 2.75) is 63.8 Å². The van der Waals surface area contributed by atoms with Crippen LogP contribution in [0.2, 0.25) is 0 Å². The number of hydrogen-bond donors (Lipinski definition) is 1. The monoisotopic (exact) mass is 380 g/mol. The maximum Gasteiger partial charge on any atom is 0.416 e. The van der Waals surface area contributed by atoms with Gasteiger partial charge in [0.05, 0.1) is 5.56 Å². The molecule has 1 aromatic rings. The van der Waals surface area contributed by atoms with Crippen LogP contribution in [-0.2, 0) is 17.5 Å². The second-order valence-electron chi connectivity index (χ2n) is 8.56. The van der Waals surface area contributed by atoms with E-state index in [9.17, 15) is 18.0 Å². The van der Waals surface area contributed by atoms with Gasteiger partial charge in [-0.25, -0.2) is 0 Å². The van der Waals surface area contributed by atoms with Crippen molar-refractivity contribution in [3.63, 3.8) is 0 Å². The number of hydrogen-bond acceptors (Lipinski definition) is 2. The molecule has 1 saturated heterocycles. The Bertz CT molecular complexity index is 684. The van der Waals surface area contributed by atoms with E-state index in [1.807, 2.05) is 4.90 Å². The van der Waals surface area contributed by atoms with Gasteiger partial charge in [0.15, 0.2) is 0 Å². The van der Waals surface area contributed by atoms with Gasteiger partial charge in [0.25, 0.3) is 0 Å². The number of carbonyl (C=O) groups excluding carboxylic acids is 1. The molecule has 3 fully saturated rings. The number of carbonyl (C=O) groups is 1. The number of nitrogens with one attached hydrogen (secondary N) is 1. The largest absolute Gasteiger partial charge is 0.416 e. The van der Waals surface area contributed by atoms with Crippen LogP contribution in [0.15, 0.2) is 24.3 Å². The molecule has 1 aromatic carbocycles. The third-order valence-corrected chi connectivity index (χ3v) is 6.90. The molecule has 1 heterocycles. The van der Waals surface area contributed by atoms with E-state index in [0.717, 1.165) is 30.7 Å². The lowest BCUT2D eigenvalue weighted by molar-refractivity contribution is -0.137. The van der Waals surface area contributed by atoms with Crippen LogP contribution in [0.3, 0.4) is 0 Å². The lowest BCUT2D eigenvalue weighted by atomic mass is 9.87. The molecule has 6 heteroatoms. The highest BCUT2D eigenvalue weighted by atomic mass is 19.4. The molecule has 1 amide bonds. The predicted octanol–water partition coefficient (Wildman–Crippen LogP) is 4.22. The standard InChI is InChI=1S/C21H27F3N2O/c1-13-9-19-17(18(13)11-25-16-3-2-4-16)10-20(27)26(19)12-14-5-7-15(8-6-14)21(22,23)24/h5-8,13,16-19,25H,2-4,9-12H2,1H3/t13-,17-,18+,19+/m0/s1. The quantitative estimate of drug-likeness (QED) is 0.830. The third kappa shape index (κ3) is 3.73. The van der Waals surface area contributed by atoms with Crippen LogP contribution in [0.4, 0.5) is 13.2 Å². The Labute approximate surface area is 158 Å². The summed E-state index contributed by atoms with van der Waals surface area (Å²) in [5, 5.41) is 3.67. The van der Waals surface area contributed by atoms with E-state index in [2.05, 4.69) is 12.2 Å². The molecule has 2 aliphatic carbocycles. The number of nitrogens with zero attached hydrogens (tertiary/aromatic N) is 1. The van der Waals surface area contributed by atoms with Gasteiger partial charge in [0, 0.05) is 25.0 Å². The second kappa shape index (κ2) is 7.12. The fourth-order valence-electron chi connectivity index (χ4n) is 5.06. The van der Waals surface area contributed by atoms with E-state index in [1.54, 1.807) is 0 Å². The molecule has 4 rings (SSSR count). The Balaban J connectivity index is 1.41. The maximum absolute atomic E-state index is 12.7. The zero-order valence-corrected chi connectivity index (χ0v) is 15.6. The van der Waals surface area contributed by atoms with Crippen LogP contribution in [-0.4, -0.2) is 29.4 Å². The van der Waals surface area contributed by atoms with Crippen LogP contribution in [0.25, 0.3) is 0 Å². The number of amides is 1. The zero-order valence-electron chi connectivity index (χ0n) is 15.6. The van der Waals surface area contributed by atoms with Gasteiger partial charge >= 0.3 is 6.18 Å². The van der Waals surface area contributed by atoms with Gasteiger partial charge in [0.2, 0.25) is 5.91 Å². The molecule has 1 aliphatic heterocycles. The summed E-state index contributed by atoms with van der Waals surface area (Å²) in [5.41, 5.74) is 0.120. The molecule has 148 valence electrons. The van der Waals surface area contributed by atoms with Gasteiger partial charge in [-0.05, 0) is 61.3 Å². The molecule has 1 N–H and O–H groups in total. The first-order valence-corrected chi connectivity index (χ1v) is 10.0. The number of alkyl halides is 3. The molecular formula is C21H27F3N2O. The summed E-state index contributed by atoms with van der Waals surface area (Å²) >= 11 is 0. The number of benzene rings is 1. The maximum atomic E-state index is 12.7. The van der Waals surface area contributed by atoms with Crippen molar-refractivity contribution in [3.05, 3.63) is 35.4 Å². The Morgan fingerprint density at radius 1 is 1.19 bits per heavy atom. The minimum atomic E-state index is -4.32. The van der Waals surface area contributed by atoms with Crippen molar-refractivity contribution in [1.29, 1.82) is 0 Å². The van der Waals surface area contributed by atoms with E-state index >= 15 is 0 Å². The van der Waals surface area contributed by atoms with Crippen molar-refractivity contribution >= 4 is 5.91 Å². The first-order chi connectivity index (χ1) is 12.8. The minimum absolute atomic E-state index is 0.144. The van der Waals surface area contributed by atoms with Gasteiger partial charge in [-0.15, -0.1) is 0 Å². The van der Waals surface area contributed by atoms with Gasteiger partial charge in [-0.2, -0.15) is 13.2 Å². The smallest absolute Gasteiger partial charge is 0.335 e. The highest BCUT2D eigenvalue weighted by Gasteiger charge is 2.50. The van der Waals surface area contributed by atoms with Gasteiger partial charge in [-0.3, -0.25) is 4.79 Å². The van der Waals surface area contributed by atoms with E-state index in [-0.39, 0.29) is 11.9 Å². The number of rotatable bonds is 5. The lowest BCUT2D eigenvalue weighted by Crippen LogP contribution is -2.40. The number of fused-ring (bicyclic) bond motifs is 1. The molecule has 27 heavy (non-hydrogen) atoms. The summed E-state index contributed by atoms with van der Waals surface area (Å²) in [6, 6.07) is 6.08. The molecule has 0 radical (unpaired) electrons. The summed E-state index contributed by atoms with van der Waals surface area (Å²) in [7, 11) is 0. The molecule has 4 atom stereocenters. The van der Waals surface area contributed by atoms with Gasteiger partial charge in [0.1, 0.15) is 0 Å². The van der Waals surface area contributed by atoms with Crippen LogP contribution < -0.4 is 5.32 Å². The minimum Gasteiger partial charge on any atom is -0.335 e. The second-order valence-corrected chi connectivity index (χ2v) is 8.56. The highest BCUT2D eigenvalue weighted by Crippen LogP contribution is 2.46. The van der Waals surface area contributed by atoms with E-state index in [1.165, 1.54) is 31.4 Å². The van der Waals surface area contributed by atoms with Crippen molar-refractivity contribution in [3.8, 4) is 0 Å². The molecule has 0 aromatic heterocycles. The highest BCUT2D eigenvalue weighted by molar-refractivity contribution is 5.79. The van der Waals surface area contributed by atoms with Crippen LogP contribution in [0.1, 0.15) is 50.2 Å². The van der Waals surface area contributed by atoms with Crippen LogP contribution in [0.5, 0.6) is 0 Å². The first kappa shape index (κ1) is 18.8. The summed E-state index contributed by atoms with van der Waals surface area (Å²) < 4.78 is 38.2. The fourth-order valence-corrected chi connectivity index (χ4v) is 5.06. The Morgan fingerprint density at radius 2 is 1.89 bits per heavy atom. The molecule has 3 aliphatic rings. The first-order valence-electron chi connectivity index (χ1n) is 10.0. The zero-order chi connectivity index (χ0) is 19.2. The average molecular weight is 380 g/mol. The fraction of sp³-hybridized carbons (Fsp3) is 0.667. The van der Waals surface area contributed by atoms with Crippen molar-refractivity contribution < 1.29 is 18.0 Å². The van der Waals surface area contributed by atoms with Crippen LogP contribution in [0, 0.1) is 17.8 Å². The normalized spacial score (nSPS) is 31.3. The lowest BCUT2D eigenvalue weighted by Gasteiger charge is -2.30. The van der Waals surface area contributed by atoms with E-state index in [0.29, 0.717) is 36.8 Å². The molecule has 3 nitrogen and oxygen atoms in total. The van der Waals surface area contributed by atoms with Crippen molar-refractivity contribution in [2.24, 2.45) is 17.8 Å². The Hall–Kier alpha value is -1.56. The average Bonchev–Trinajstić information content (AvgIpc) is 3.02. The molecule has 2 saturated carbocycles. The van der Waals surface area contributed by atoms with E-state index in [4.69, 9.17) is 0 Å². The third-order valence-electron chi connectivity index (χ3n) is 6.90. The summed E-state index contributed by atoms with van der Waals surface area (Å²) in [6.45, 7) is 3.66. The molecule has 0 bridgehead atoms. The summed E-state index contributed by atoms with van der Waals surface area (Å²) in [5.74, 6) is 1.59. The van der Waals surface area contributed by atoms with Gasteiger partial charge in [-0.1, -0.05) is 25.5 Å². The molecule has 0 unspecified atom stereocenters. The Kier molecular flexibility index (Phi) is 4.95. The SMILES string of the molecule is C[C@H]1C[C@@H]2[C@@H](CC(=O)N2Cc2ccc(C(F)(F)F)cc2)[C@@H]1CNC1CCC1. The molecular weight excluding hydrogens is 353 g/mol. The van der Waals surface area contributed by atoms with Gasteiger partial charge < -0.3 is 10.2 Å². The summed E-state index contributed by atoms with van der Waals surface area (Å²) in [4.78, 5) is 14.5. The van der Waals surface area contributed by atoms with Crippen LogP contribution >= 0.6 is 0 Å². The predicted molar refractivity (Wildman–Crippen MR) is 96.8 cm³/mol. The molecule has 0 spiro atoms.